The lowest BCUT2D eigenvalue weighted by Gasteiger charge is -2.19. The van der Waals surface area contributed by atoms with Crippen LogP contribution in [0, 0.1) is 0 Å². The number of alkyl halides is 8. The summed E-state index contributed by atoms with van der Waals surface area (Å²) in [7, 11) is 0. The van der Waals surface area contributed by atoms with Crippen molar-refractivity contribution in [2.45, 2.75) is 24.8 Å². The zero-order valence-electron chi connectivity index (χ0n) is 9.40. The minimum absolute atomic E-state index is 0. The molecule has 0 aromatic heterocycles. The van der Waals surface area contributed by atoms with Crippen molar-refractivity contribution in [3.8, 4) is 0 Å². The van der Waals surface area contributed by atoms with Gasteiger partial charge in [0, 0.05) is 0 Å². The van der Waals surface area contributed by atoms with Gasteiger partial charge in [0.25, 0.3) is 6.43 Å². The summed E-state index contributed by atoms with van der Waals surface area (Å²) in [6.45, 7) is 0. The summed E-state index contributed by atoms with van der Waals surface area (Å²) in [5.74, 6) is 0. The fourth-order valence-corrected chi connectivity index (χ4v) is 1.40. The molecule has 0 amide bonds. The monoisotopic (exact) mass is 329 g/mol. The van der Waals surface area contributed by atoms with Gasteiger partial charge < -0.3 is 5.73 Å². The predicted molar refractivity (Wildman–Crippen MR) is 56.6 cm³/mol. The van der Waals surface area contributed by atoms with Crippen LogP contribution >= 0.6 is 12.4 Å². The third kappa shape index (κ3) is 4.20. The van der Waals surface area contributed by atoms with Crippen LogP contribution in [0.2, 0.25) is 0 Å². The molecule has 0 fully saturated rings. The molecule has 0 aliphatic carbocycles. The molecule has 0 unspecified atom stereocenters. The van der Waals surface area contributed by atoms with Gasteiger partial charge in [-0.3, -0.25) is 0 Å². The Morgan fingerprint density at radius 3 is 1.75 bits per heavy atom. The topological polar surface area (TPSA) is 26.0 Å². The number of halogens is 9. The van der Waals surface area contributed by atoms with E-state index >= 15 is 0 Å². The van der Waals surface area contributed by atoms with E-state index in [9.17, 15) is 35.1 Å². The fourth-order valence-electron chi connectivity index (χ4n) is 1.40. The van der Waals surface area contributed by atoms with E-state index < -0.39 is 41.5 Å². The van der Waals surface area contributed by atoms with Gasteiger partial charge in [0.1, 0.15) is 0 Å². The van der Waals surface area contributed by atoms with Crippen LogP contribution in [0.25, 0.3) is 0 Å². The van der Waals surface area contributed by atoms with E-state index in [1.54, 1.807) is 0 Å². The molecule has 116 valence electrons. The lowest BCUT2D eigenvalue weighted by Crippen LogP contribution is -2.24. The van der Waals surface area contributed by atoms with Gasteiger partial charge in [0.05, 0.1) is 17.2 Å². The Hall–Kier alpha value is -1.09. The van der Waals surface area contributed by atoms with Gasteiger partial charge in [-0.1, -0.05) is 6.07 Å². The summed E-state index contributed by atoms with van der Waals surface area (Å²) in [4.78, 5) is 0. The highest BCUT2D eigenvalue weighted by Gasteiger charge is 2.40. The lowest BCUT2D eigenvalue weighted by molar-refractivity contribution is -0.143. The van der Waals surface area contributed by atoms with E-state index in [4.69, 9.17) is 5.73 Å². The van der Waals surface area contributed by atoms with Crippen molar-refractivity contribution >= 4 is 12.4 Å². The average Bonchev–Trinajstić information content (AvgIpc) is 2.24. The molecule has 1 aromatic rings. The van der Waals surface area contributed by atoms with Crippen molar-refractivity contribution in [3.63, 3.8) is 0 Å². The number of hydrogen-bond acceptors (Lipinski definition) is 1. The molecule has 0 radical (unpaired) electrons. The lowest BCUT2D eigenvalue weighted by atomic mass is 9.98. The van der Waals surface area contributed by atoms with Crippen LogP contribution in [0.1, 0.15) is 22.7 Å². The molecular formula is C10H8ClF8N. The molecule has 2 N–H and O–H groups in total. The highest BCUT2D eigenvalue weighted by molar-refractivity contribution is 5.85. The molecule has 0 aliphatic rings. The summed E-state index contributed by atoms with van der Waals surface area (Å²) in [5, 5.41) is 0. The van der Waals surface area contributed by atoms with Gasteiger partial charge in [-0.2, -0.15) is 26.3 Å². The minimum Gasteiger partial charge on any atom is -0.319 e. The standard InChI is InChI=1S/C10H7F8N.ClH/c11-8(12)7(19)5-2-1-4(9(13,14)15)3-6(5)10(16,17)18;/h1-3,7-8H,19H2;1H/t7-;/m1./s1. The molecule has 0 heterocycles. The van der Waals surface area contributed by atoms with E-state index in [1.807, 2.05) is 0 Å². The number of rotatable bonds is 2. The SMILES string of the molecule is Cl.N[C@H](c1ccc(C(F)(F)F)cc1C(F)(F)F)C(F)F. The third-order valence-electron chi connectivity index (χ3n) is 2.32. The van der Waals surface area contributed by atoms with Crippen molar-refractivity contribution in [1.82, 2.24) is 0 Å². The van der Waals surface area contributed by atoms with Crippen molar-refractivity contribution in [2.24, 2.45) is 5.73 Å². The van der Waals surface area contributed by atoms with Crippen LogP contribution in [-0.4, -0.2) is 6.43 Å². The number of benzene rings is 1. The zero-order valence-corrected chi connectivity index (χ0v) is 10.2. The van der Waals surface area contributed by atoms with Crippen LogP contribution in [0.5, 0.6) is 0 Å². The molecule has 0 spiro atoms. The Labute approximate surface area is 114 Å². The second-order valence-corrected chi connectivity index (χ2v) is 3.66. The fraction of sp³-hybridized carbons (Fsp3) is 0.400. The maximum Gasteiger partial charge on any atom is 0.416 e. The van der Waals surface area contributed by atoms with Crippen LogP contribution in [0.15, 0.2) is 18.2 Å². The smallest absolute Gasteiger partial charge is 0.319 e. The van der Waals surface area contributed by atoms with Gasteiger partial charge in [0.15, 0.2) is 0 Å². The van der Waals surface area contributed by atoms with E-state index in [-0.39, 0.29) is 24.5 Å². The Kier molecular flexibility index (Phi) is 5.79. The summed E-state index contributed by atoms with van der Waals surface area (Å²) in [6.07, 6.45) is -13.5. The van der Waals surface area contributed by atoms with Crippen LogP contribution < -0.4 is 5.73 Å². The van der Waals surface area contributed by atoms with E-state index in [0.717, 1.165) is 0 Å². The Balaban J connectivity index is 0.00000361. The van der Waals surface area contributed by atoms with Gasteiger partial charge in [-0.05, 0) is 17.7 Å². The van der Waals surface area contributed by atoms with Crippen LogP contribution in [0.3, 0.4) is 0 Å². The van der Waals surface area contributed by atoms with Gasteiger partial charge in [-0.25, -0.2) is 8.78 Å². The number of nitrogens with two attached hydrogens (primary N) is 1. The van der Waals surface area contributed by atoms with Crippen molar-refractivity contribution in [3.05, 3.63) is 34.9 Å². The second-order valence-electron chi connectivity index (χ2n) is 3.66. The van der Waals surface area contributed by atoms with E-state index in [0.29, 0.717) is 6.07 Å². The summed E-state index contributed by atoms with van der Waals surface area (Å²) >= 11 is 0. The predicted octanol–water partition coefficient (Wildman–Crippen LogP) is 4.41. The van der Waals surface area contributed by atoms with Crippen LogP contribution in [-0.2, 0) is 12.4 Å². The first kappa shape index (κ1) is 18.9. The molecule has 0 saturated carbocycles. The largest absolute Gasteiger partial charge is 0.416 e. The quantitative estimate of drug-likeness (QED) is 0.799. The molecule has 20 heavy (non-hydrogen) atoms. The molecule has 0 bridgehead atoms. The maximum atomic E-state index is 12.6. The van der Waals surface area contributed by atoms with Gasteiger partial charge in [-0.15, -0.1) is 12.4 Å². The third-order valence-corrected chi connectivity index (χ3v) is 2.32. The van der Waals surface area contributed by atoms with Crippen molar-refractivity contribution < 1.29 is 35.1 Å². The molecule has 1 aromatic carbocycles. The van der Waals surface area contributed by atoms with Gasteiger partial charge >= 0.3 is 12.4 Å². The first-order valence-electron chi connectivity index (χ1n) is 4.76. The Morgan fingerprint density at radius 2 is 1.40 bits per heavy atom. The summed E-state index contributed by atoms with van der Waals surface area (Å²) in [6, 6.07) is -1.92. The zero-order chi connectivity index (χ0) is 15.0. The Morgan fingerprint density at radius 1 is 0.900 bits per heavy atom. The van der Waals surface area contributed by atoms with Crippen LogP contribution in [0.4, 0.5) is 35.1 Å². The van der Waals surface area contributed by atoms with Gasteiger partial charge in [0.2, 0.25) is 0 Å². The maximum absolute atomic E-state index is 12.6. The average molecular weight is 330 g/mol. The van der Waals surface area contributed by atoms with E-state index in [2.05, 4.69) is 0 Å². The minimum atomic E-state index is -5.21. The first-order valence-corrected chi connectivity index (χ1v) is 4.76. The molecule has 1 nitrogen and oxygen atoms in total. The van der Waals surface area contributed by atoms with Crippen molar-refractivity contribution in [2.75, 3.05) is 0 Å². The number of hydrogen-bond donors (Lipinski definition) is 1. The molecule has 10 heteroatoms. The highest BCUT2D eigenvalue weighted by atomic mass is 35.5. The van der Waals surface area contributed by atoms with Crippen molar-refractivity contribution in [1.29, 1.82) is 0 Å². The molecule has 1 rings (SSSR count). The normalized spacial score (nSPS) is 14.1. The molecule has 0 aliphatic heterocycles. The molecular weight excluding hydrogens is 322 g/mol. The second kappa shape index (κ2) is 6.13. The molecule has 1 atom stereocenters. The highest BCUT2D eigenvalue weighted by Crippen LogP contribution is 2.39. The summed E-state index contributed by atoms with van der Waals surface area (Å²) in [5.41, 5.74) is 0.401. The van der Waals surface area contributed by atoms with E-state index in [1.165, 1.54) is 0 Å². The molecule has 0 saturated heterocycles. The Bertz CT molecular complexity index is 454. The summed E-state index contributed by atoms with van der Waals surface area (Å²) < 4.78 is 99.2. The first-order chi connectivity index (χ1) is 8.44.